The standard InChI is InChI=1S/C16H10BrClN2O2S/c17-12-9-11(18)6-7-14(12)22-16(21)15-13(19-20-23-15)8-10-4-2-1-3-5-10/h1-7,9H,8H2. The van der Waals surface area contributed by atoms with E-state index in [1.54, 1.807) is 18.2 Å². The molecule has 0 spiro atoms. The van der Waals surface area contributed by atoms with E-state index in [4.69, 9.17) is 16.3 Å². The van der Waals surface area contributed by atoms with Crippen LogP contribution in [0.4, 0.5) is 0 Å². The summed E-state index contributed by atoms with van der Waals surface area (Å²) in [5, 5.41) is 4.60. The lowest BCUT2D eigenvalue weighted by Gasteiger charge is -2.06. The van der Waals surface area contributed by atoms with Crippen LogP contribution in [-0.4, -0.2) is 15.6 Å². The molecule has 0 aliphatic heterocycles. The molecule has 1 heterocycles. The molecule has 0 unspecified atom stereocenters. The molecule has 0 N–H and O–H groups in total. The van der Waals surface area contributed by atoms with Crippen molar-refractivity contribution >= 4 is 45.0 Å². The maximum atomic E-state index is 12.4. The second-order valence-electron chi connectivity index (χ2n) is 4.68. The van der Waals surface area contributed by atoms with Crippen LogP contribution >= 0.6 is 39.1 Å². The molecule has 0 aliphatic carbocycles. The zero-order valence-electron chi connectivity index (χ0n) is 11.7. The molecular weight excluding hydrogens is 400 g/mol. The molecule has 3 rings (SSSR count). The predicted molar refractivity (Wildman–Crippen MR) is 93.3 cm³/mol. The predicted octanol–water partition coefficient (Wildman–Crippen LogP) is 4.76. The van der Waals surface area contributed by atoms with Gasteiger partial charge in [0, 0.05) is 11.4 Å². The van der Waals surface area contributed by atoms with Crippen molar-refractivity contribution in [1.29, 1.82) is 0 Å². The van der Waals surface area contributed by atoms with E-state index in [1.165, 1.54) is 0 Å². The van der Waals surface area contributed by atoms with Crippen molar-refractivity contribution in [2.24, 2.45) is 0 Å². The van der Waals surface area contributed by atoms with Gasteiger partial charge >= 0.3 is 5.97 Å². The van der Waals surface area contributed by atoms with Gasteiger partial charge < -0.3 is 4.74 Å². The first-order chi connectivity index (χ1) is 11.1. The Balaban J connectivity index is 1.79. The SMILES string of the molecule is O=C(Oc1ccc(Cl)cc1Br)c1snnc1Cc1ccccc1. The van der Waals surface area contributed by atoms with Gasteiger partial charge in [0.15, 0.2) is 4.88 Å². The van der Waals surface area contributed by atoms with Crippen molar-refractivity contribution in [3.05, 3.63) is 74.2 Å². The number of nitrogens with zero attached hydrogens (tertiary/aromatic N) is 2. The van der Waals surface area contributed by atoms with Gasteiger partial charge in [0.1, 0.15) is 5.75 Å². The van der Waals surface area contributed by atoms with Crippen LogP contribution in [0, 0.1) is 0 Å². The number of carbonyl (C=O) groups is 1. The van der Waals surface area contributed by atoms with E-state index in [2.05, 4.69) is 25.5 Å². The van der Waals surface area contributed by atoms with Gasteiger partial charge in [0.25, 0.3) is 0 Å². The van der Waals surface area contributed by atoms with E-state index >= 15 is 0 Å². The third-order valence-electron chi connectivity index (χ3n) is 3.05. The van der Waals surface area contributed by atoms with Crippen LogP contribution in [0.3, 0.4) is 0 Å². The van der Waals surface area contributed by atoms with Gasteiger partial charge in [0.05, 0.1) is 10.2 Å². The monoisotopic (exact) mass is 408 g/mol. The maximum absolute atomic E-state index is 12.4. The molecule has 2 aromatic carbocycles. The lowest BCUT2D eigenvalue weighted by Crippen LogP contribution is -2.10. The van der Waals surface area contributed by atoms with Crippen LogP contribution in [0.15, 0.2) is 53.0 Å². The first-order valence-electron chi connectivity index (χ1n) is 6.66. The van der Waals surface area contributed by atoms with Crippen molar-refractivity contribution in [1.82, 2.24) is 9.59 Å². The summed E-state index contributed by atoms with van der Waals surface area (Å²) in [6, 6.07) is 14.7. The van der Waals surface area contributed by atoms with Gasteiger partial charge in [-0.2, -0.15) is 0 Å². The molecule has 116 valence electrons. The molecule has 23 heavy (non-hydrogen) atoms. The van der Waals surface area contributed by atoms with Crippen molar-refractivity contribution in [2.45, 2.75) is 6.42 Å². The second kappa shape index (κ2) is 7.21. The number of carbonyl (C=O) groups excluding carboxylic acids is 1. The molecule has 3 aromatic rings. The third kappa shape index (κ3) is 3.96. The van der Waals surface area contributed by atoms with Crippen molar-refractivity contribution in [2.75, 3.05) is 0 Å². The molecule has 0 aliphatic rings. The van der Waals surface area contributed by atoms with Gasteiger partial charge in [-0.3, -0.25) is 0 Å². The molecule has 0 radical (unpaired) electrons. The summed E-state index contributed by atoms with van der Waals surface area (Å²) < 4.78 is 9.90. The molecule has 0 bridgehead atoms. The Hall–Kier alpha value is -1.76. The van der Waals surface area contributed by atoms with E-state index in [1.807, 2.05) is 30.3 Å². The fourth-order valence-electron chi connectivity index (χ4n) is 1.97. The van der Waals surface area contributed by atoms with E-state index in [-0.39, 0.29) is 0 Å². The summed E-state index contributed by atoms with van der Waals surface area (Å²) in [7, 11) is 0. The average molecular weight is 410 g/mol. The van der Waals surface area contributed by atoms with Crippen LogP contribution < -0.4 is 4.74 Å². The quantitative estimate of drug-likeness (QED) is 0.460. The minimum absolute atomic E-state index is 0.399. The second-order valence-corrected chi connectivity index (χ2v) is 6.72. The van der Waals surface area contributed by atoms with Crippen LogP contribution in [0.25, 0.3) is 0 Å². The molecule has 0 atom stereocenters. The summed E-state index contributed by atoms with van der Waals surface area (Å²) in [5.41, 5.74) is 1.67. The summed E-state index contributed by atoms with van der Waals surface area (Å²) in [6.07, 6.45) is 0.531. The van der Waals surface area contributed by atoms with E-state index in [0.717, 1.165) is 17.1 Å². The first-order valence-corrected chi connectivity index (χ1v) is 8.60. The van der Waals surface area contributed by atoms with Crippen LogP contribution in [-0.2, 0) is 6.42 Å². The van der Waals surface area contributed by atoms with Gasteiger partial charge in [-0.1, -0.05) is 46.4 Å². The van der Waals surface area contributed by atoms with E-state index < -0.39 is 5.97 Å². The van der Waals surface area contributed by atoms with Gasteiger partial charge in [0.2, 0.25) is 0 Å². The zero-order chi connectivity index (χ0) is 16.2. The lowest BCUT2D eigenvalue weighted by molar-refractivity contribution is 0.0737. The molecular formula is C16H10BrClN2O2S. The third-order valence-corrected chi connectivity index (χ3v) is 4.66. The normalized spacial score (nSPS) is 10.5. The number of hydrogen-bond donors (Lipinski definition) is 0. The van der Waals surface area contributed by atoms with Crippen LogP contribution in [0.2, 0.25) is 5.02 Å². The fourth-order valence-corrected chi connectivity index (χ4v) is 3.29. The Kier molecular flexibility index (Phi) is 5.05. The highest BCUT2D eigenvalue weighted by atomic mass is 79.9. The summed E-state index contributed by atoms with van der Waals surface area (Å²) >= 11 is 10.2. The van der Waals surface area contributed by atoms with Crippen molar-refractivity contribution < 1.29 is 9.53 Å². The molecule has 1 aromatic heterocycles. The molecule has 4 nitrogen and oxygen atoms in total. The van der Waals surface area contributed by atoms with Crippen molar-refractivity contribution in [3.8, 4) is 5.75 Å². The number of aromatic nitrogens is 2. The topological polar surface area (TPSA) is 52.1 Å². The summed E-state index contributed by atoms with van der Waals surface area (Å²) in [4.78, 5) is 12.8. The van der Waals surface area contributed by atoms with Gasteiger partial charge in [-0.15, -0.1) is 5.10 Å². The van der Waals surface area contributed by atoms with E-state index in [9.17, 15) is 4.79 Å². The Labute approximate surface area is 150 Å². The fraction of sp³-hybridized carbons (Fsp3) is 0.0625. The highest BCUT2D eigenvalue weighted by molar-refractivity contribution is 9.10. The Bertz CT molecular complexity index is 839. The number of halogens is 2. The number of esters is 1. The Morgan fingerprint density at radius 2 is 2.00 bits per heavy atom. The van der Waals surface area contributed by atoms with Gasteiger partial charge in [-0.25, -0.2) is 4.79 Å². The largest absolute Gasteiger partial charge is 0.421 e. The van der Waals surface area contributed by atoms with Crippen LogP contribution in [0.5, 0.6) is 5.75 Å². The van der Waals surface area contributed by atoms with E-state index in [0.29, 0.717) is 32.2 Å². The molecule has 7 heteroatoms. The highest BCUT2D eigenvalue weighted by Crippen LogP contribution is 2.29. The molecule has 0 saturated heterocycles. The van der Waals surface area contributed by atoms with Crippen molar-refractivity contribution in [3.63, 3.8) is 0 Å². The number of benzene rings is 2. The smallest absolute Gasteiger partial charge is 0.357 e. The lowest BCUT2D eigenvalue weighted by atomic mass is 10.1. The Morgan fingerprint density at radius 1 is 1.22 bits per heavy atom. The molecule has 0 fully saturated rings. The highest BCUT2D eigenvalue weighted by Gasteiger charge is 2.19. The summed E-state index contributed by atoms with van der Waals surface area (Å²) in [6.45, 7) is 0. The number of hydrogen-bond acceptors (Lipinski definition) is 5. The first kappa shape index (κ1) is 16.1. The average Bonchev–Trinajstić information content (AvgIpc) is 2.99. The molecule has 0 saturated carbocycles. The Morgan fingerprint density at radius 3 is 2.74 bits per heavy atom. The summed E-state index contributed by atoms with van der Waals surface area (Å²) in [5.74, 6) is -0.0765. The number of rotatable bonds is 4. The minimum atomic E-state index is -0.478. The van der Waals surface area contributed by atoms with Gasteiger partial charge in [-0.05, 0) is 51.2 Å². The zero-order valence-corrected chi connectivity index (χ0v) is 14.9. The number of ether oxygens (including phenoxy) is 1. The minimum Gasteiger partial charge on any atom is -0.421 e. The maximum Gasteiger partial charge on any atom is 0.357 e. The van der Waals surface area contributed by atoms with Crippen LogP contribution in [0.1, 0.15) is 20.9 Å². The molecule has 0 amide bonds.